The highest BCUT2D eigenvalue weighted by molar-refractivity contribution is 5.72. The standard InChI is InChI=1S/C19H18F3N5O2/c1-27(2)19-24-10-14(20)16(26-19)25-15-8-12(9-23-17(15)28-3)11-4-6-13(7-5-11)29-18(21)22/h4-10,18H,1-3H3,(H,24,25,26). The number of anilines is 3. The van der Waals surface area contributed by atoms with Crippen LogP contribution in [0.1, 0.15) is 0 Å². The SMILES string of the molecule is COc1ncc(-c2ccc(OC(F)F)cc2)cc1Nc1nc(N(C)C)ncc1F. The fourth-order valence-corrected chi connectivity index (χ4v) is 2.48. The number of rotatable bonds is 7. The number of nitrogens with one attached hydrogen (secondary N) is 1. The Morgan fingerprint density at radius 3 is 2.38 bits per heavy atom. The highest BCUT2D eigenvalue weighted by Gasteiger charge is 2.14. The number of alkyl halides is 2. The minimum atomic E-state index is -2.89. The molecule has 0 fully saturated rings. The largest absolute Gasteiger partial charge is 0.480 e. The van der Waals surface area contributed by atoms with Crippen molar-refractivity contribution < 1.29 is 22.6 Å². The molecule has 152 valence electrons. The first-order valence-electron chi connectivity index (χ1n) is 8.43. The van der Waals surface area contributed by atoms with E-state index >= 15 is 0 Å². The molecular weight excluding hydrogens is 387 g/mol. The molecule has 0 atom stereocenters. The van der Waals surface area contributed by atoms with Gasteiger partial charge in [-0.2, -0.15) is 13.8 Å². The van der Waals surface area contributed by atoms with Crippen LogP contribution in [0.15, 0.2) is 42.7 Å². The summed E-state index contributed by atoms with van der Waals surface area (Å²) in [5, 5.41) is 2.87. The summed E-state index contributed by atoms with van der Waals surface area (Å²) in [6, 6.07) is 7.76. The van der Waals surface area contributed by atoms with Gasteiger partial charge in [-0.15, -0.1) is 0 Å². The molecule has 3 aromatic rings. The van der Waals surface area contributed by atoms with Crippen molar-refractivity contribution in [3.8, 4) is 22.8 Å². The van der Waals surface area contributed by atoms with E-state index in [-0.39, 0.29) is 17.4 Å². The summed E-state index contributed by atoms with van der Waals surface area (Å²) >= 11 is 0. The number of benzene rings is 1. The predicted molar refractivity (Wildman–Crippen MR) is 102 cm³/mol. The van der Waals surface area contributed by atoms with E-state index in [4.69, 9.17) is 4.74 Å². The number of aromatic nitrogens is 3. The fourth-order valence-electron chi connectivity index (χ4n) is 2.48. The van der Waals surface area contributed by atoms with Gasteiger partial charge in [0.15, 0.2) is 11.6 Å². The quantitative estimate of drug-likeness (QED) is 0.635. The van der Waals surface area contributed by atoms with Crippen LogP contribution in [-0.4, -0.2) is 42.8 Å². The molecule has 0 radical (unpaired) electrons. The summed E-state index contributed by atoms with van der Waals surface area (Å²) in [5.74, 6) is -0.0801. The molecule has 2 heterocycles. The summed E-state index contributed by atoms with van der Waals surface area (Å²) in [4.78, 5) is 13.9. The number of nitrogens with zero attached hydrogens (tertiary/aromatic N) is 4. The van der Waals surface area contributed by atoms with Crippen LogP contribution in [0.2, 0.25) is 0 Å². The average molecular weight is 405 g/mol. The predicted octanol–water partition coefficient (Wildman–Crippen LogP) is 4.10. The molecular formula is C19H18F3N5O2. The molecule has 0 amide bonds. The first-order valence-corrected chi connectivity index (χ1v) is 8.43. The molecule has 0 spiro atoms. The summed E-state index contributed by atoms with van der Waals surface area (Å²) in [6.07, 6.45) is 2.62. The molecule has 0 aliphatic heterocycles. The molecule has 0 saturated heterocycles. The molecule has 7 nitrogen and oxygen atoms in total. The van der Waals surface area contributed by atoms with Gasteiger partial charge in [0, 0.05) is 25.9 Å². The van der Waals surface area contributed by atoms with Gasteiger partial charge in [-0.25, -0.2) is 14.4 Å². The van der Waals surface area contributed by atoms with Crippen molar-refractivity contribution >= 4 is 17.5 Å². The van der Waals surface area contributed by atoms with Gasteiger partial charge >= 0.3 is 6.61 Å². The molecule has 1 N–H and O–H groups in total. The van der Waals surface area contributed by atoms with E-state index in [1.165, 1.54) is 19.2 Å². The van der Waals surface area contributed by atoms with Gasteiger partial charge in [0.2, 0.25) is 11.8 Å². The normalized spacial score (nSPS) is 10.7. The van der Waals surface area contributed by atoms with Crippen LogP contribution in [0.3, 0.4) is 0 Å². The third kappa shape index (κ3) is 4.84. The van der Waals surface area contributed by atoms with Crippen molar-refractivity contribution in [3.63, 3.8) is 0 Å². The Labute approximate surface area is 165 Å². The van der Waals surface area contributed by atoms with Crippen LogP contribution in [0, 0.1) is 5.82 Å². The zero-order valence-electron chi connectivity index (χ0n) is 15.9. The smallest absolute Gasteiger partial charge is 0.387 e. The molecule has 0 saturated carbocycles. The maximum Gasteiger partial charge on any atom is 0.387 e. The van der Waals surface area contributed by atoms with Crippen LogP contribution in [0.4, 0.5) is 30.6 Å². The fraction of sp³-hybridized carbons (Fsp3) is 0.211. The lowest BCUT2D eigenvalue weighted by atomic mass is 10.1. The average Bonchev–Trinajstić information content (AvgIpc) is 2.69. The zero-order valence-corrected chi connectivity index (χ0v) is 15.9. The van der Waals surface area contributed by atoms with Crippen LogP contribution in [0.25, 0.3) is 11.1 Å². The molecule has 0 aliphatic carbocycles. The molecule has 2 aromatic heterocycles. The Kier molecular flexibility index (Phi) is 6.01. The second-order valence-electron chi connectivity index (χ2n) is 6.07. The Hall–Kier alpha value is -3.56. The van der Waals surface area contributed by atoms with E-state index in [1.54, 1.807) is 43.4 Å². The van der Waals surface area contributed by atoms with Gasteiger partial charge in [0.05, 0.1) is 13.3 Å². The zero-order chi connectivity index (χ0) is 21.0. The maximum absolute atomic E-state index is 14.2. The second-order valence-corrected chi connectivity index (χ2v) is 6.07. The molecule has 3 rings (SSSR count). The number of ether oxygens (including phenoxy) is 2. The van der Waals surface area contributed by atoms with E-state index < -0.39 is 12.4 Å². The van der Waals surface area contributed by atoms with Crippen molar-refractivity contribution in [2.75, 3.05) is 31.4 Å². The van der Waals surface area contributed by atoms with Gasteiger partial charge in [-0.1, -0.05) is 12.1 Å². The molecule has 1 aromatic carbocycles. The lowest BCUT2D eigenvalue weighted by molar-refractivity contribution is -0.0498. The highest BCUT2D eigenvalue weighted by Crippen LogP contribution is 2.32. The number of methoxy groups -OCH3 is 1. The molecule has 29 heavy (non-hydrogen) atoms. The molecule has 0 bridgehead atoms. The van der Waals surface area contributed by atoms with Gasteiger partial charge in [-0.3, -0.25) is 0 Å². The Morgan fingerprint density at radius 2 is 1.76 bits per heavy atom. The highest BCUT2D eigenvalue weighted by atomic mass is 19.3. The van der Waals surface area contributed by atoms with Crippen molar-refractivity contribution in [3.05, 3.63) is 48.5 Å². The Balaban J connectivity index is 1.93. The van der Waals surface area contributed by atoms with Crippen molar-refractivity contribution in [2.45, 2.75) is 6.61 Å². The molecule has 0 aliphatic rings. The lowest BCUT2D eigenvalue weighted by Crippen LogP contribution is -2.14. The van der Waals surface area contributed by atoms with Crippen LogP contribution in [-0.2, 0) is 0 Å². The summed E-state index contributed by atoms with van der Waals surface area (Å²) in [7, 11) is 4.91. The number of hydrogen-bond acceptors (Lipinski definition) is 7. The molecule has 0 unspecified atom stereocenters. The van der Waals surface area contributed by atoms with Gasteiger partial charge in [0.25, 0.3) is 0 Å². The van der Waals surface area contributed by atoms with E-state index in [0.717, 1.165) is 6.20 Å². The number of pyridine rings is 1. The van der Waals surface area contributed by atoms with E-state index in [0.29, 0.717) is 22.8 Å². The summed E-state index contributed by atoms with van der Waals surface area (Å²) in [5.41, 5.74) is 1.72. The van der Waals surface area contributed by atoms with Crippen LogP contribution in [0.5, 0.6) is 11.6 Å². The first-order chi connectivity index (χ1) is 13.9. The monoisotopic (exact) mass is 405 g/mol. The minimum Gasteiger partial charge on any atom is -0.480 e. The lowest BCUT2D eigenvalue weighted by Gasteiger charge is -2.15. The molecule has 10 heteroatoms. The third-order valence-corrected chi connectivity index (χ3v) is 3.84. The maximum atomic E-state index is 14.2. The minimum absolute atomic E-state index is 0.0402. The van der Waals surface area contributed by atoms with Crippen molar-refractivity contribution in [1.82, 2.24) is 15.0 Å². The number of hydrogen-bond donors (Lipinski definition) is 1. The van der Waals surface area contributed by atoms with Crippen molar-refractivity contribution in [2.24, 2.45) is 0 Å². The Bertz CT molecular complexity index is 984. The van der Waals surface area contributed by atoms with Gasteiger partial charge in [0.1, 0.15) is 11.4 Å². The topological polar surface area (TPSA) is 72.4 Å². The third-order valence-electron chi connectivity index (χ3n) is 3.84. The summed E-state index contributed by atoms with van der Waals surface area (Å²) < 4.78 is 48.4. The van der Waals surface area contributed by atoms with Gasteiger partial charge < -0.3 is 19.7 Å². The summed E-state index contributed by atoms with van der Waals surface area (Å²) in [6.45, 7) is -2.89. The Morgan fingerprint density at radius 1 is 1.03 bits per heavy atom. The number of halogens is 3. The van der Waals surface area contributed by atoms with Gasteiger partial charge in [-0.05, 0) is 23.8 Å². The van der Waals surface area contributed by atoms with E-state index in [2.05, 4.69) is 25.0 Å². The van der Waals surface area contributed by atoms with E-state index in [9.17, 15) is 13.2 Å². The van der Waals surface area contributed by atoms with Crippen LogP contribution >= 0.6 is 0 Å². The van der Waals surface area contributed by atoms with Crippen molar-refractivity contribution in [1.29, 1.82) is 0 Å². The first kappa shape index (κ1) is 20.2. The van der Waals surface area contributed by atoms with Crippen LogP contribution < -0.4 is 19.7 Å². The second kappa shape index (κ2) is 8.63. The van der Waals surface area contributed by atoms with E-state index in [1.807, 2.05) is 0 Å².